The van der Waals surface area contributed by atoms with Gasteiger partial charge in [-0.05, 0) is 12.8 Å². The molecular formula is C9H19N. The highest BCUT2D eigenvalue weighted by Crippen LogP contribution is 1.91. The highest BCUT2D eigenvalue weighted by atomic mass is 14.6. The van der Waals surface area contributed by atoms with E-state index in [0.717, 1.165) is 0 Å². The predicted molar refractivity (Wildman–Crippen MR) is 49.5 cm³/mol. The monoisotopic (exact) mass is 141 g/mol. The van der Waals surface area contributed by atoms with Crippen molar-refractivity contribution in [2.24, 2.45) is 10.9 Å². The SMILES string of the molecule is CC.CC=N/C=C\C(C)C. The molecule has 1 nitrogen and oxygen atoms in total. The van der Waals surface area contributed by atoms with Crippen LogP contribution in [0, 0.1) is 5.92 Å². The van der Waals surface area contributed by atoms with Gasteiger partial charge in [-0.3, -0.25) is 4.99 Å². The van der Waals surface area contributed by atoms with E-state index in [4.69, 9.17) is 0 Å². The number of hydrogen-bond donors (Lipinski definition) is 0. The van der Waals surface area contributed by atoms with Crippen LogP contribution in [-0.4, -0.2) is 6.21 Å². The zero-order valence-corrected chi connectivity index (χ0v) is 7.76. The van der Waals surface area contributed by atoms with E-state index in [1.165, 1.54) is 0 Å². The molecule has 0 radical (unpaired) electrons. The van der Waals surface area contributed by atoms with Crippen molar-refractivity contribution in [1.29, 1.82) is 0 Å². The molecule has 0 amide bonds. The number of aliphatic imine (C=N–C) groups is 1. The van der Waals surface area contributed by atoms with Gasteiger partial charge in [0.2, 0.25) is 0 Å². The highest BCUT2D eigenvalue weighted by Gasteiger charge is 1.78. The topological polar surface area (TPSA) is 12.4 Å². The minimum absolute atomic E-state index is 0.610. The van der Waals surface area contributed by atoms with Gasteiger partial charge in [0.05, 0.1) is 0 Å². The van der Waals surface area contributed by atoms with E-state index in [9.17, 15) is 0 Å². The van der Waals surface area contributed by atoms with Crippen molar-refractivity contribution in [1.82, 2.24) is 0 Å². The summed E-state index contributed by atoms with van der Waals surface area (Å²) in [6.07, 6.45) is 5.66. The van der Waals surface area contributed by atoms with Crippen LogP contribution in [0.5, 0.6) is 0 Å². The Balaban J connectivity index is 0. The molecule has 0 aliphatic rings. The fraction of sp³-hybridized carbons (Fsp3) is 0.667. The summed E-state index contributed by atoms with van der Waals surface area (Å²) >= 11 is 0. The summed E-state index contributed by atoms with van der Waals surface area (Å²) in [5.74, 6) is 0.610. The Morgan fingerprint density at radius 1 is 1.20 bits per heavy atom. The molecule has 1 heteroatoms. The maximum absolute atomic E-state index is 3.91. The Bertz CT molecular complexity index is 90.9. The van der Waals surface area contributed by atoms with Gasteiger partial charge >= 0.3 is 0 Å². The Morgan fingerprint density at radius 3 is 2.00 bits per heavy atom. The molecule has 0 aromatic rings. The molecule has 0 aromatic carbocycles. The lowest BCUT2D eigenvalue weighted by atomic mass is 10.2. The molecule has 0 bridgehead atoms. The fourth-order valence-corrected chi connectivity index (χ4v) is 0.308. The van der Waals surface area contributed by atoms with Crippen LogP contribution in [0.1, 0.15) is 34.6 Å². The molecule has 0 aliphatic carbocycles. The summed E-state index contributed by atoms with van der Waals surface area (Å²) in [5.41, 5.74) is 0. The van der Waals surface area contributed by atoms with Crippen LogP contribution in [0.2, 0.25) is 0 Å². The van der Waals surface area contributed by atoms with E-state index >= 15 is 0 Å². The molecule has 0 aliphatic heterocycles. The molecule has 0 unspecified atom stereocenters. The van der Waals surface area contributed by atoms with Crippen LogP contribution < -0.4 is 0 Å². The Morgan fingerprint density at radius 2 is 1.70 bits per heavy atom. The van der Waals surface area contributed by atoms with Crippen LogP contribution in [0.15, 0.2) is 17.3 Å². The lowest BCUT2D eigenvalue weighted by Crippen LogP contribution is -1.74. The predicted octanol–water partition coefficient (Wildman–Crippen LogP) is 3.27. The first-order valence-corrected chi connectivity index (χ1v) is 3.92. The Labute approximate surface area is 64.9 Å². The summed E-state index contributed by atoms with van der Waals surface area (Å²) in [5, 5.41) is 0. The number of nitrogens with zero attached hydrogens (tertiary/aromatic N) is 1. The Hall–Kier alpha value is -0.590. The molecule has 0 spiro atoms. The number of hydrogen-bond acceptors (Lipinski definition) is 1. The molecule has 0 rings (SSSR count). The first-order chi connectivity index (χ1) is 4.77. The standard InChI is InChI=1S/C7H13N.C2H6/c1-4-8-6-5-7(2)3;1-2/h4-7H,1-3H3;1-2H3/b6-5-,8-4?;. The third kappa shape index (κ3) is 15.7. The normalized spacial score (nSPS) is 10.6. The van der Waals surface area contributed by atoms with E-state index in [1.54, 1.807) is 6.21 Å². The molecule has 0 saturated carbocycles. The number of rotatable bonds is 2. The maximum Gasteiger partial charge on any atom is 0.0226 e. The minimum atomic E-state index is 0.610. The largest absolute Gasteiger partial charge is 0.270 e. The average molecular weight is 141 g/mol. The van der Waals surface area contributed by atoms with Crippen molar-refractivity contribution < 1.29 is 0 Å². The van der Waals surface area contributed by atoms with Gasteiger partial charge in [-0.2, -0.15) is 0 Å². The van der Waals surface area contributed by atoms with E-state index in [0.29, 0.717) is 5.92 Å². The summed E-state index contributed by atoms with van der Waals surface area (Å²) in [6, 6.07) is 0. The molecule has 60 valence electrons. The fourth-order valence-electron chi connectivity index (χ4n) is 0.308. The minimum Gasteiger partial charge on any atom is -0.270 e. The molecule has 0 heterocycles. The molecule has 0 N–H and O–H groups in total. The van der Waals surface area contributed by atoms with Crippen molar-refractivity contribution in [2.45, 2.75) is 34.6 Å². The Kier molecular flexibility index (Phi) is 13.6. The molecule has 0 aromatic heterocycles. The van der Waals surface area contributed by atoms with E-state index < -0.39 is 0 Å². The molecule has 0 fully saturated rings. The van der Waals surface area contributed by atoms with Crippen molar-refractivity contribution in [3.8, 4) is 0 Å². The summed E-state index contributed by atoms with van der Waals surface area (Å²) in [4.78, 5) is 3.91. The maximum atomic E-state index is 3.91. The first-order valence-electron chi connectivity index (χ1n) is 3.92. The van der Waals surface area contributed by atoms with E-state index in [2.05, 4.69) is 24.9 Å². The summed E-state index contributed by atoms with van der Waals surface area (Å²) in [6.45, 7) is 10.2. The quantitative estimate of drug-likeness (QED) is 0.523. The van der Waals surface area contributed by atoms with Crippen molar-refractivity contribution >= 4 is 6.21 Å². The highest BCUT2D eigenvalue weighted by molar-refractivity contribution is 5.54. The zero-order chi connectivity index (χ0) is 8.41. The van der Waals surface area contributed by atoms with Crippen molar-refractivity contribution in [2.75, 3.05) is 0 Å². The van der Waals surface area contributed by atoms with Crippen molar-refractivity contribution in [3.05, 3.63) is 12.3 Å². The van der Waals surface area contributed by atoms with Crippen LogP contribution in [0.3, 0.4) is 0 Å². The second-order valence-corrected chi connectivity index (χ2v) is 1.99. The van der Waals surface area contributed by atoms with Crippen LogP contribution >= 0.6 is 0 Å². The number of allylic oxidation sites excluding steroid dienone is 1. The van der Waals surface area contributed by atoms with Gasteiger partial charge in [0.1, 0.15) is 0 Å². The first kappa shape index (κ1) is 12.1. The average Bonchev–Trinajstić information content (AvgIpc) is 1.92. The van der Waals surface area contributed by atoms with E-state index in [-0.39, 0.29) is 0 Å². The second kappa shape index (κ2) is 11.2. The van der Waals surface area contributed by atoms with Gasteiger partial charge in [-0.1, -0.05) is 33.8 Å². The van der Waals surface area contributed by atoms with Gasteiger partial charge in [0, 0.05) is 12.4 Å². The molecule has 10 heavy (non-hydrogen) atoms. The molecular weight excluding hydrogens is 122 g/mol. The van der Waals surface area contributed by atoms with Gasteiger partial charge < -0.3 is 0 Å². The van der Waals surface area contributed by atoms with Crippen molar-refractivity contribution in [3.63, 3.8) is 0 Å². The molecule has 0 atom stereocenters. The lowest BCUT2D eigenvalue weighted by Gasteiger charge is -1.87. The summed E-state index contributed by atoms with van der Waals surface area (Å²) < 4.78 is 0. The van der Waals surface area contributed by atoms with E-state index in [1.807, 2.05) is 27.0 Å². The second-order valence-electron chi connectivity index (χ2n) is 1.99. The van der Waals surface area contributed by atoms with Gasteiger partial charge in [0.25, 0.3) is 0 Å². The smallest absolute Gasteiger partial charge is 0.0226 e. The van der Waals surface area contributed by atoms with Gasteiger partial charge in [-0.15, -0.1) is 0 Å². The summed E-state index contributed by atoms with van der Waals surface area (Å²) in [7, 11) is 0. The molecule has 0 saturated heterocycles. The third-order valence-corrected chi connectivity index (χ3v) is 0.706. The van der Waals surface area contributed by atoms with Crippen LogP contribution in [0.4, 0.5) is 0 Å². The van der Waals surface area contributed by atoms with Crippen LogP contribution in [0.25, 0.3) is 0 Å². The zero-order valence-electron chi connectivity index (χ0n) is 7.76. The third-order valence-electron chi connectivity index (χ3n) is 0.706. The van der Waals surface area contributed by atoms with Gasteiger partial charge in [0.15, 0.2) is 0 Å². The lowest BCUT2D eigenvalue weighted by molar-refractivity contribution is 0.829. The van der Waals surface area contributed by atoms with Gasteiger partial charge in [-0.25, -0.2) is 0 Å². The van der Waals surface area contributed by atoms with Crippen LogP contribution in [-0.2, 0) is 0 Å².